The van der Waals surface area contributed by atoms with E-state index in [2.05, 4.69) is 48.5 Å². The first-order valence-electron chi connectivity index (χ1n) is 8.32. The van der Waals surface area contributed by atoms with Crippen molar-refractivity contribution in [1.29, 1.82) is 0 Å². The lowest BCUT2D eigenvalue weighted by Crippen LogP contribution is -1.86. The Morgan fingerprint density at radius 3 is 1.32 bits per heavy atom. The fraction of sp³-hybridized carbons (Fsp3) is 0. The van der Waals surface area contributed by atoms with E-state index in [9.17, 15) is 4.39 Å². The van der Waals surface area contributed by atoms with Crippen LogP contribution in [0.2, 0.25) is 0 Å². The van der Waals surface area contributed by atoms with Crippen molar-refractivity contribution in [1.82, 2.24) is 0 Å². The highest BCUT2D eigenvalue weighted by molar-refractivity contribution is 5.84. The zero-order chi connectivity index (χ0) is 17.1. The number of halogens is 1. The predicted octanol–water partition coefficient (Wildman–Crippen LogP) is 6.83. The van der Waals surface area contributed by atoms with Crippen molar-refractivity contribution in [2.75, 3.05) is 0 Å². The van der Waals surface area contributed by atoms with E-state index >= 15 is 0 Å². The van der Waals surface area contributed by atoms with Gasteiger partial charge in [0.25, 0.3) is 0 Å². The first-order valence-corrected chi connectivity index (χ1v) is 8.32. The fourth-order valence-electron chi connectivity index (χ4n) is 3.09. The molecule has 0 saturated carbocycles. The molecule has 0 spiro atoms. The third kappa shape index (κ3) is 3.22. The van der Waals surface area contributed by atoms with Gasteiger partial charge in [0.15, 0.2) is 0 Å². The van der Waals surface area contributed by atoms with Gasteiger partial charge in [-0.05, 0) is 45.5 Å². The molecule has 0 aromatic heterocycles. The molecular formula is C24H17F. The molecule has 4 aromatic carbocycles. The molecule has 0 bridgehead atoms. The summed E-state index contributed by atoms with van der Waals surface area (Å²) in [5, 5.41) is 0. The smallest absolute Gasteiger partial charge is 0.123 e. The quantitative estimate of drug-likeness (QED) is 0.387. The second-order valence-corrected chi connectivity index (χ2v) is 6.00. The average molecular weight is 324 g/mol. The van der Waals surface area contributed by atoms with Crippen LogP contribution in [-0.4, -0.2) is 0 Å². The van der Waals surface area contributed by atoms with E-state index in [0.717, 1.165) is 22.3 Å². The number of benzene rings is 4. The Labute approximate surface area is 147 Å². The van der Waals surface area contributed by atoms with Gasteiger partial charge in [-0.25, -0.2) is 4.39 Å². The van der Waals surface area contributed by atoms with Gasteiger partial charge in [0.05, 0.1) is 0 Å². The molecule has 0 saturated heterocycles. The predicted molar refractivity (Wildman–Crippen MR) is 103 cm³/mol. The zero-order valence-electron chi connectivity index (χ0n) is 13.7. The van der Waals surface area contributed by atoms with E-state index in [1.807, 2.05) is 42.5 Å². The lowest BCUT2D eigenvalue weighted by atomic mass is 9.93. The molecule has 0 aliphatic heterocycles. The van der Waals surface area contributed by atoms with Crippen LogP contribution in [0.4, 0.5) is 4.39 Å². The summed E-state index contributed by atoms with van der Waals surface area (Å²) in [7, 11) is 0. The van der Waals surface area contributed by atoms with E-state index in [0.29, 0.717) is 0 Å². The minimum atomic E-state index is -0.214. The maximum Gasteiger partial charge on any atom is 0.123 e. The Kier molecular flexibility index (Phi) is 4.14. The SMILES string of the molecule is Fc1ccc(-c2ccccc2-c2ccc(-c3ccccc3)cc2)cc1. The molecule has 0 unspecified atom stereocenters. The maximum absolute atomic E-state index is 13.2. The first-order chi connectivity index (χ1) is 12.3. The largest absolute Gasteiger partial charge is 0.207 e. The van der Waals surface area contributed by atoms with Gasteiger partial charge in [-0.1, -0.05) is 91.0 Å². The molecular weight excluding hydrogens is 307 g/mol. The third-order valence-corrected chi connectivity index (χ3v) is 4.39. The highest BCUT2D eigenvalue weighted by Gasteiger charge is 2.07. The molecule has 0 radical (unpaired) electrons. The molecule has 120 valence electrons. The Hall–Kier alpha value is -3.19. The summed E-state index contributed by atoms with van der Waals surface area (Å²) < 4.78 is 13.2. The lowest BCUT2D eigenvalue weighted by molar-refractivity contribution is 0.628. The minimum absolute atomic E-state index is 0.214. The van der Waals surface area contributed by atoms with E-state index in [-0.39, 0.29) is 5.82 Å². The maximum atomic E-state index is 13.2. The highest BCUT2D eigenvalue weighted by Crippen LogP contribution is 2.33. The Bertz CT molecular complexity index is 968. The van der Waals surface area contributed by atoms with Crippen molar-refractivity contribution >= 4 is 0 Å². The number of rotatable bonds is 3. The van der Waals surface area contributed by atoms with Crippen molar-refractivity contribution < 1.29 is 4.39 Å². The van der Waals surface area contributed by atoms with Gasteiger partial charge in [-0.2, -0.15) is 0 Å². The molecule has 0 aliphatic carbocycles. The molecule has 4 aromatic rings. The normalized spacial score (nSPS) is 10.6. The molecule has 0 fully saturated rings. The first kappa shape index (κ1) is 15.3. The summed E-state index contributed by atoms with van der Waals surface area (Å²) in [5.74, 6) is -0.214. The molecule has 4 rings (SSSR count). The monoisotopic (exact) mass is 324 g/mol. The van der Waals surface area contributed by atoms with E-state index in [4.69, 9.17) is 0 Å². The van der Waals surface area contributed by atoms with Crippen molar-refractivity contribution in [2.24, 2.45) is 0 Å². The summed E-state index contributed by atoms with van der Waals surface area (Å²) in [4.78, 5) is 0. The molecule has 0 aliphatic rings. The summed E-state index contributed by atoms with van der Waals surface area (Å²) in [6.45, 7) is 0. The van der Waals surface area contributed by atoms with Gasteiger partial charge < -0.3 is 0 Å². The third-order valence-electron chi connectivity index (χ3n) is 4.39. The van der Waals surface area contributed by atoms with Gasteiger partial charge >= 0.3 is 0 Å². The molecule has 1 heteroatoms. The van der Waals surface area contributed by atoms with Crippen LogP contribution < -0.4 is 0 Å². The molecule has 0 atom stereocenters. The summed E-state index contributed by atoms with van der Waals surface area (Å²) >= 11 is 0. The topological polar surface area (TPSA) is 0 Å². The fourth-order valence-corrected chi connectivity index (χ4v) is 3.09. The summed E-state index contributed by atoms with van der Waals surface area (Å²) in [6.07, 6.45) is 0. The molecule has 0 N–H and O–H groups in total. The van der Waals surface area contributed by atoms with Crippen LogP contribution in [0.5, 0.6) is 0 Å². The van der Waals surface area contributed by atoms with Crippen LogP contribution in [0.25, 0.3) is 33.4 Å². The van der Waals surface area contributed by atoms with Crippen molar-refractivity contribution in [3.8, 4) is 33.4 Å². The Morgan fingerprint density at radius 1 is 0.360 bits per heavy atom. The van der Waals surface area contributed by atoms with Gasteiger partial charge in [0.2, 0.25) is 0 Å². The van der Waals surface area contributed by atoms with E-state index in [1.54, 1.807) is 0 Å². The molecule has 0 nitrogen and oxygen atoms in total. The van der Waals surface area contributed by atoms with E-state index < -0.39 is 0 Å². The molecule has 25 heavy (non-hydrogen) atoms. The van der Waals surface area contributed by atoms with Crippen LogP contribution in [0.15, 0.2) is 103 Å². The van der Waals surface area contributed by atoms with Crippen molar-refractivity contribution in [3.63, 3.8) is 0 Å². The number of hydrogen-bond acceptors (Lipinski definition) is 0. The minimum Gasteiger partial charge on any atom is -0.207 e. The van der Waals surface area contributed by atoms with Crippen LogP contribution >= 0.6 is 0 Å². The van der Waals surface area contributed by atoms with Gasteiger partial charge in [0.1, 0.15) is 5.82 Å². The average Bonchev–Trinajstić information content (AvgIpc) is 2.69. The lowest BCUT2D eigenvalue weighted by Gasteiger charge is -2.11. The van der Waals surface area contributed by atoms with Gasteiger partial charge in [-0.15, -0.1) is 0 Å². The van der Waals surface area contributed by atoms with Gasteiger partial charge in [-0.3, -0.25) is 0 Å². The summed E-state index contributed by atoms with van der Waals surface area (Å²) in [5.41, 5.74) is 6.83. The Morgan fingerprint density at radius 2 is 0.760 bits per heavy atom. The summed E-state index contributed by atoms with van der Waals surface area (Å²) in [6, 6.07) is 33.8. The second kappa shape index (κ2) is 6.74. The number of hydrogen-bond donors (Lipinski definition) is 0. The van der Waals surface area contributed by atoms with Crippen molar-refractivity contribution in [2.45, 2.75) is 0 Å². The van der Waals surface area contributed by atoms with Crippen LogP contribution in [-0.2, 0) is 0 Å². The van der Waals surface area contributed by atoms with Crippen molar-refractivity contribution in [3.05, 3.63) is 109 Å². The van der Waals surface area contributed by atoms with Gasteiger partial charge in [0, 0.05) is 0 Å². The van der Waals surface area contributed by atoms with E-state index in [1.165, 1.54) is 23.3 Å². The molecule has 0 heterocycles. The van der Waals surface area contributed by atoms with Crippen LogP contribution in [0, 0.1) is 5.82 Å². The second-order valence-electron chi connectivity index (χ2n) is 6.00. The molecule has 0 amide bonds. The standard InChI is InChI=1S/C24H17F/c25-22-16-14-21(15-17-22)24-9-5-4-8-23(24)20-12-10-19(11-13-20)18-6-2-1-3-7-18/h1-17H. The van der Waals surface area contributed by atoms with Crippen LogP contribution in [0.1, 0.15) is 0 Å². The zero-order valence-corrected chi connectivity index (χ0v) is 13.7. The van der Waals surface area contributed by atoms with Crippen LogP contribution in [0.3, 0.4) is 0 Å². The Balaban J connectivity index is 1.74. The highest BCUT2D eigenvalue weighted by atomic mass is 19.1.